The first-order valence-corrected chi connectivity index (χ1v) is 12.1. The van der Waals surface area contributed by atoms with Crippen LogP contribution >= 0.6 is 11.3 Å². The van der Waals surface area contributed by atoms with Gasteiger partial charge in [0.25, 0.3) is 15.9 Å². The topological polar surface area (TPSA) is 70.0 Å². The van der Waals surface area contributed by atoms with E-state index in [0.29, 0.717) is 31.1 Å². The van der Waals surface area contributed by atoms with Gasteiger partial charge in [-0.1, -0.05) is 23.8 Å². The Morgan fingerprint density at radius 2 is 1.93 bits per heavy atom. The van der Waals surface area contributed by atoms with Crippen molar-refractivity contribution in [3.8, 4) is 0 Å². The summed E-state index contributed by atoms with van der Waals surface area (Å²) in [4.78, 5) is 19.1. The zero-order valence-corrected chi connectivity index (χ0v) is 18.3. The molecule has 1 aromatic heterocycles. The Morgan fingerprint density at radius 3 is 2.69 bits per heavy atom. The van der Waals surface area contributed by atoms with Gasteiger partial charge in [0.15, 0.2) is 0 Å². The summed E-state index contributed by atoms with van der Waals surface area (Å²) in [6.07, 6.45) is 3.66. The fraction of sp³-hybridized carbons (Fsp3) is 0.429. The van der Waals surface area contributed by atoms with Crippen molar-refractivity contribution in [1.82, 2.24) is 9.21 Å². The van der Waals surface area contributed by atoms with E-state index < -0.39 is 10.0 Å². The second-order valence-electron chi connectivity index (χ2n) is 7.76. The van der Waals surface area contributed by atoms with E-state index in [4.69, 9.17) is 0 Å². The average molecular weight is 432 g/mol. The number of aryl methyl sites for hydroxylation is 2. The normalized spacial score (nSPS) is 21.0. The molecule has 154 valence electrons. The maximum Gasteiger partial charge on any atom is 0.286 e. The number of nitrogens with zero attached hydrogens (tertiary/aromatic N) is 3. The highest BCUT2D eigenvalue weighted by Crippen LogP contribution is 2.32. The van der Waals surface area contributed by atoms with Crippen LogP contribution in [0.1, 0.15) is 38.7 Å². The number of piperazine rings is 1. The summed E-state index contributed by atoms with van der Waals surface area (Å²) in [7, 11) is -1.57. The molecule has 1 fully saturated rings. The van der Waals surface area contributed by atoms with Crippen molar-refractivity contribution < 1.29 is 13.2 Å². The van der Waals surface area contributed by atoms with Crippen LogP contribution < -0.4 is 0 Å². The predicted octanol–water partition coefficient (Wildman–Crippen LogP) is 2.93. The number of sulfonamides is 1. The van der Waals surface area contributed by atoms with Crippen LogP contribution in [0.5, 0.6) is 0 Å². The van der Waals surface area contributed by atoms with Crippen LogP contribution in [0, 0.1) is 6.92 Å². The molecule has 0 N–H and O–H groups in total. The first-order chi connectivity index (χ1) is 13.8. The number of aliphatic imine (C=N–C) groups is 1. The van der Waals surface area contributed by atoms with E-state index in [1.165, 1.54) is 27.1 Å². The Labute approximate surface area is 175 Å². The lowest BCUT2D eigenvalue weighted by atomic mass is 10.0. The predicted molar refractivity (Wildman–Crippen MR) is 116 cm³/mol. The number of thiophene rings is 1. The molecule has 2 heterocycles. The van der Waals surface area contributed by atoms with E-state index in [2.05, 4.69) is 35.0 Å². The second-order valence-corrected chi connectivity index (χ2v) is 11.0. The first kappa shape index (κ1) is 20.4. The minimum atomic E-state index is -3.55. The fourth-order valence-corrected chi connectivity index (χ4v) is 6.66. The van der Waals surface area contributed by atoms with Gasteiger partial charge in [-0.2, -0.15) is 4.31 Å². The lowest BCUT2D eigenvalue weighted by Crippen LogP contribution is -2.46. The molecule has 8 heteroatoms. The number of carbonyl (C=O) groups is 1. The van der Waals surface area contributed by atoms with E-state index in [1.54, 1.807) is 12.3 Å². The van der Waals surface area contributed by atoms with Crippen LogP contribution in [0.4, 0.5) is 0 Å². The Kier molecular flexibility index (Phi) is 5.70. The third-order valence-electron chi connectivity index (χ3n) is 5.64. The van der Waals surface area contributed by atoms with Crippen LogP contribution in [0.3, 0.4) is 0 Å². The number of amides is 1. The monoisotopic (exact) mass is 431 g/mol. The molecular weight excluding hydrogens is 406 g/mol. The van der Waals surface area contributed by atoms with E-state index in [1.807, 2.05) is 7.05 Å². The van der Waals surface area contributed by atoms with Crippen molar-refractivity contribution in [3.05, 3.63) is 51.9 Å². The third-order valence-corrected chi connectivity index (χ3v) is 9.08. The number of fused-ring (bicyclic) bond motifs is 1. The van der Waals surface area contributed by atoms with Crippen molar-refractivity contribution in [2.24, 2.45) is 4.99 Å². The summed E-state index contributed by atoms with van der Waals surface area (Å²) in [5.74, 6) is -0.238. The van der Waals surface area contributed by atoms with Gasteiger partial charge >= 0.3 is 0 Å². The summed E-state index contributed by atoms with van der Waals surface area (Å²) in [5, 5.41) is 0. The number of carbonyl (C=O) groups excluding carboxylic acids is 1. The van der Waals surface area contributed by atoms with Gasteiger partial charge in [0.1, 0.15) is 4.21 Å². The Balaban J connectivity index is 1.46. The molecule has 1 saturated heterocycles. The van der Waals surface area contributed by atoms with Crippen LogP contribution in [0.25, 0.3) is 0 Å². The average Bonchev–Trinajstić information content (AvgIpc) is 3.34. The molecule has 1 unspecified atom stereocenters. The molecule has 0 radical (unpaired) electrons. The number of hydrogen-bond acceptors (Lipinski definition) is 5. The van der Waals surface area contributed by atoms with Crippen LogP contribution in [0.2, 0.25) is 0 Å². The minimum Gasteiger partial charge on any atom is -0.304 e. The van der Waals surface area contributed by atoms with Crippen LogP contribution in [0.15, 0.2) is 39.5 Å². The Hall–Kier alpha value is -1.87. The molecule has 2 aliphatic rings. The standard InChI is InChI=1S/C21H25N3O3S2/c1-15-3-6-18-16(13-15)4-5-17(18)14-22-21(25)19-7-8-20(28-19)29(26,27)24-11-9-23(2)10-12-24/h3,6-8,13-14,17H,4-5,9-12H2,1-2H3. The Morgan fingerprint density at radius 1 is 1.17 bits per heavy atom. The highest BCUT2D eigenvalue weighted by Gasteiger charge is 2.29. The molecule has 1 atom stereocenters. The maximum absolute atomic E-state index is 12.8. The molecule has 1 aliphatic carbocycles. The summed E-state index contributed by atoms with van der Waals surface area (Å²) >= 11 is 1.01. The first-order valence-electron chi connectivity index (χ1n) is 9.81. The lowest BCUT2D eigenvalue weighted by Gasteiger charge is -2.31. The molecule has 1 amide bonds. The molecular formula is C21H25N3O3S2. The maximum atomic E-state index is 12.8. The molecule has 0 saturated carbocycles. The summed E-state index contributed by atoms with van der Waals surface area (Å²) in [6.45, 7) is 4.44. The molecule has 0 bridgehead atoms. The molecule has 1 aliphatic heterocycles. The second kappa shape index (κ2) is 8.10. The molecule has 0 spiro atoms. The van der Waals surface area contributed by atoms with Crippen molar-refractivity contribution in [2.45, 2.75) is 29.9 Å². The number of rotatable bonds is 4. The number of hydrogen-bond donors (Lipinski definition) is 0. The number of benzene rings is 1. The van der Waals surface area contributed by atoms with Gasteiger partial charge in [-0.25, -0.2) is 13.4 Å². The van der Waals surface area contributed by atoms with E-state index in [-0.39, 0.29) is 16.0 Å². The van der Waals surface area contributed by atoms with Gasteiger partial charge in [-0.15, -0.1) is 11.3 Å². The van der Waals surface area contributed by atoms with Crippen molar-refractivity contribution in [2.75, 3.05) is 33.2 Å². The van der Waals surface area contributed by atoms with Crippen molar-refractivity contribution in [1.29, 1.82) is 0 Å². The van der Waals surface area contributed by atoms with Crippen LogP contribution in [-0.2, 0) is 16.4 Å². The van der Waals surface area contributed by atoms with Gasteiger partial charge in [0, 0.05) is 38.3 Å². The minimum absolute atomic E-state index is 0.142. The quantitative estimate of drug-likeness (QED) is 0.698. The summed E-state index contributed by atoms with van der Waals surface area (Å²) in [5.41, 5.74) is 3.80. The molecule has 2 aromatic rings. The van der Waals surface area contributed by atoms with E-state index in [0.717, 1.165) is 24.2 Å². The van der Waals surface area contributed by atoms with Crippen molar-refractivity contribution >= 4 is 33.5 Å². The Bertz CT molecular complexity index is 1050. The van der Waals surface area contributed by atoms with Gasteiger partial charge in [-0.05, 0) is 50.1 Å². The van der Waals surface area contributed by atoms with Crippen LogP contribution in [-0.4, -0.2) is 63.0 Å². The zero-order chi connectivity index (χ0) is 20.6. The van der Waals surface area contributed by atoms with Gasteiger partial charge < -0.3 is 4.90 Å². The van der Waals surface area contributed by atoms with Gasteiger partial charge in [0.2, 0.25) is 0 Å². The van der Waals surface area contributed by atoms with E-state index in [9.17, 15) is 13.2 Å². The fourth-order valence-electron chi connectivity index (χ4n) is 3.88. The highest BCUT2D eigenvalue weighted by molar-refractivity contribution is 7.91. The molecule has 29 heavy (non-hydrogen) atoms. The van der Waals surface area contributed by atoms with Crippen molar-refractivity contribution in [3.63, 3.8) is 0 Å². The lowest BCUT2D eigenvalue weighted by molar-refractivity contribution is 0.101. The summed E-state index contributed by atoms with van der Waals surface area (Å²) < 4.78 is 27.4. The largest absolute Gasteiger partial charge is 0.304 e. The molecule has 1 aromatic carbocycles. The SMILES string of the molecule is Cc1ccc2c(c1)CCC2C=NC(=O)c1ccc(S(=O)(=O)N2CCN(C)CC2)s1. The van der Waals surface area contributed by atoms with E-state index >= 15 is 0 Å². The van der Waals surface area contributed by atoms with Gasteiger partial charge in [0.05, 0.1) is 4.88 Å². The number of likely N-dealkylation sites (N-methyl/N-ethyl adjacent to an activating group) is 1. The molecule has 4 rings (SSSR count). The smallest absolute Gasteiger partial charge is 0.286 e. The molecule has 6 nitrogen and oxygen atoms in total. The third kappa shape index (κ3) is 4.21. The summed E-state index contributed by atoms with van der Waals surface area (Å²) in [6, 6.07) is 9.49. The zero-order valence-electron chi connectivity index (χ0n) is 16.7. The highest BCUT2D eigenvalue weighted by atomic mass is 32.2. The van der Waals surface area contributed by atoms with Gasteiger partial charge in [-0.3, -0.25) is 4.79 Å².